The van der Waals surface area contributed by atoms with Gasteiger partial charge < -0.3 is 25.2 Å². The van der Waals surface area contributed by atoms with E-state index in [0.717, 1.165) is 0 Å². The molecular formula is C25H37ClF4N2O5. The van der Waals surface area contributed by atoms with Crippen molar-refractivity contribution in [3.05, 3.63) is 0 Å². The number of hydrogen-bond donors (Lipinski definition) is 3. The number of amides is 2. The van der Waals surface area contributed by atoms with Gasteiger partial charge in [0.1, 0.15) is 19.4 Å². The maximum atomic E-state index is 13.8. The van der Waals surface area contributed by atoms with Gasteiger partial charge >= 0.3 is 6.18 Å². The first-order valence-corrected chi connectivity index (χ1v) is 13.7. The number of aliphatic hydroxyl groups is 1. The van der Waals surface area contributed by atoms with Crippen LogP contribution < -0.4 is 10.6 Å². The van der Waals surface area contributed by atoms with Crippen molar-refractivity contribution in [3.8, 4) is 0 Å². The predicted octanol–water partition coefficient (Wildman–Crippen LogP) is 3.69. The van der Waals surface area contributed by atoms with Crippen molar-refractivity contribution in [3.63, 3.8) is 0 Å². The highest BCUT2D eigenvalue weighted by Crippen LogP contribution is 2.47. The van der Waals surface area contributed by atoms with E-state index in [4.69, 9.17) is 21.1 Å². The van der Waals surface area contributed by atoms with E-state index in [-0.39, 0.29) is 75.8 Å². The number of rotatable bonds is 8. The van der Waals surface area contributed by atoms with Gasteiger partial charge in [-0.25, -0.2) is 4.39 Å². The summed E-state index contributed by atoms with van der Waals surface area (Å²) in [6.07, 6.45) is -2.74. The van der Waals surface area contributed by atoms with Crippen molar-refractivity contribution in [2.75, 3.05) is 13.2 Å². The molecule has 12 heteroatoms. The summed E-state index contributed by atoms with van der Waals surface area (Å²) in [5.41, 5.74) is -1.40. The van der Waals surface area contributed by atoms with E-state index >= 15 is 0 Å². The fourth-order valence-electron chi connectivity index (χ4n) is 6.45. The van der Waals surface area contributed by atoms with Crippen molar-refractivity contribution < 1.29 is 41.7 Å². The Morgan fingerprint density at radius 3 is 2.03 bits per heavy atom. The molecule has 0 radical (unpaired) electrons. The molecule has 0 spiro atoms. The van der Waals surface area contributed by atoms with Crippen LogP contribution in [0, 0.1) is 5.92 Å². The highest BCUT2D eigenvalue weighted by molar-refractivity contribution is 6.21. The molecule has 5 saturated carbocycles. The smallest absolute Gasteiger partial charge is 0.391 e. The van der Waals surface area contributed by atoms with Crippen LogP contribution in [0.5, 0.6) is 0 Å². The van der Waals surface area contributed by atoms with E-state index in [2.05, 4.69) is 10.6 Å². The van der Waals surface area contributed by atoms with Gasteiger partial charge in [-0.1, -0.05) is 0 Å². The summed E-state index contributed by atoms with van der Waals surface area (Å²) in [4.78, 5) is 25.2. The highest BCUT2D eigenvalue weighted by Gasteiger charge is 2.55. The van der Waals surface area contributed by atoms with Crippen LogP contribution in [0.2, 0.25) is 0 Å². The quantitative estimate of drug-likeness (QED) is 0.313. The summed E-state index contributed by atoms with van der Waals surface area (Å²) in [5.74, 6) is -2.02. The van der Waals surface area contributed by atoms with Crippen molar-refractivity contribution in [2.45, 2.75) is 124 Å². The lowest BCUT2D eigenvalue weighted by Crippen LogP contribution is -2.70. The SMILES string of the molecule is O=C(COC1CCC(C(F)(F)F)CC1)NC12CCC(NC(=O)COC3CCC(Cl)C(F)C3)(CC1)[C@@H](O)C2. The van der Waals surface area contributed by atoms with Crippen molar-refractivity contribution in [1.29, 1.82) is 0 Å². The molecule has 3 N–H and O–H groups in total. The van der Waals surface area contributed by atoms with Crippen molar-refractivity contribution >= 4 is 23.4 Å². The van der Waals surface area contributed by atoms with Gasteiger partial charge in [0.05, 0.1) is 35.1 Å². The number of aliphatic hydroxyl groups excluding tert-OH is 1. The van der Waals surface area contributed by atoms with Gasteiger partial charge in [0.2, 0.25) is 11.8 Å². The molecule has 0 saturated heterocycles. The second-order valence-electron chi connectivity index (χ2n) is 11.4. The molecule has 5 rings (SSSR count). The number of carbonyl (C=O) groups excluding carboxylic acids is 2. The summed E-state index contributed by atoms with van der Waals surface area (Å²) in [5, 5.41) is 16.3. The zero-order chi connectivity index (χ0) is 26.8. The molecule has 5 aliphatic carbocycles. The van der Waals surface area contributed by atoms with E-state index in [9.17, 15) is 32.3 Å². The monoisotopic (exact) mass is 556 g/mol. The van der Waals surface area contributed by atoms with E-state index in [1.807, 2.05) is 0 Å². The lowest BCUT2D eigenvalue weighted by Gasteiger charge is -2.56. The molecule has 212 valence electrons. The van der Waals surface area contributed by atoms with E-state index < -0.39 is 40.8 Å². The van der Waals surface area contributed by atoms with E-state index in [1.54, 1.807) is 0 Å². The third-order valence-electron chi connectivity index (χ3n) is 8.80. The van der Waals surface area contributed by atoms with Crippen LogP contribution in [0.3, 0.4) is 0 Å². The average molecular weight is 557 g/mol. The molecular weight excluding hydrogens is 520 g/mol. The fraction of sp³-hybridized carbons (Fsp3) is 0.920. The Hall–Kier alpha value is -1.17. The third-order valence-corrected chi connectivity index (χ3v) is 9.29. The summed E-state index contributed by atoms with van der Waals surface area (Å²) < 4.78 is 63.5. The molecule has 2 bridgehead atoms. The van der Waals surface area contributed by atoms with Gasteiger partial charge in [0, 0.05) is 12.0 Å². The number of hydrogen-bond acceptors (Lipinski definition) is 5. The van der Waals surface area contributed by atoms with Crippen molar-refractivity contribution in [1.82, 2.24) is 10.6 Å². The second kappa shape index (κ2) is 11.5. The van der Waals surface area contributed by atoms with Crippen LogP contribution in [-0.4, -0.2) is 77.2 Å². The number of nitrogens with one attached hydrogen (secondary N) is 2. The maximum Gasteiger partial charge on any atom is 0.391 e. The second-order valence-corrected chi connectivity index (χ2v) is 11.9. The van der Waals surface area contributed by atoms with Crippen LogP contribution in [-0.2, 0) is 19.1 Å². The molecule has 0 aromatic carbocycles. The van der Waals surface area contributed by atoms with Gasteiger partial charge in [0.25, 0.3) is 0 Å². The summed E-state index contributed by atoms with van der Waals surface area (Å²) in [6, 6.07) is 0. The van der Waals surface area contributed by atoms with Crippen molar-refractivity contribution in [2.24, 2.45) is 5.92 Å². The average Bonchev–Trinajstić information content (AvgIpc) is 2.84. The Balaban J connectivity index is 1.18. The first-order chi connectivity index (χ1) is 17.4. The normalized spacial score (nSPS) is 40.3. The summed E-state index contributed by atoms with van der Waals surface area (Å²) in [6.45, 7) is -0.452. The molecule has 0 heterocycles. The van der Waals surface area contributed by atoms with Gasteiger partial charge in [-0.05, 0) is 70.6 Å². The molecule has 3 unspecified atom stereocenters. The number of fused-ring (bicyclic) bond motifs is 3. The first kappa shape index (κ1) is 28.8. The number of ether oxygens (including phenoxy) is 2. The van der Waals surface area contributed by atoms with Gasteiger partial charge in [-0.3, -0.25) is 9.59 Å². The number of alkyl halides is 5. The maximum absolute atomic E-state index is 13.8. The van der Waals surface area contributed by atoms with Crippen LogP contribution in [0.4, 0.5) is 17.6 Å². The molecule has 0 aliphatic heterocycles. The molecule has 37 heavy (non-hydrogen) atoms. The van der Waals surface area contributed by atoms with Crippen LogP contribution >= 0.6 is 11.6 Å². The van der Waals surface area contributed by atoms with E-state index in [1.165, 1.54) is 0 Å². The predicted molar refractivity (Wildman–Crippen MR) is 127 cm³/mol. The Labute approximate surface area is 219 Å². The van der Waals surface area contributed by atoms with E-state index in [0.29, 0.717) is 38.5 Å². The Kier molecular flexibility index (Phi) is 8.97. The third kappa shape index (κ3) is 7.08. The standard InChI is InChI=1S/C25H37ClF4N2O5/c26-18-6-5-17(11-19(18)27)37-14-22(35)32-24-9-7-23(8-10-24,12-20(24)33)31-21(34)13-36-16-3-1-15(2-4-16)25(28,29)30/h15-20,33H,1-14H2,(H,31,34)(H,32,35)/t15?,16?,17?,18?,19?,20-,23?,24?/m0/s1. The number of carbonyl (C=O) groups is 2. The van der Waals surface area contributed by atoms with Crippen LogP contribution in [0.1, 0.15) is 77.0 Å². The largest absolute Gasteiger partial charge is 0.391 e. The Morgan fingerprint density at radius 2 is 1.46 bits per heavy atom. The Bertz CT molecular complexity index is 815. The number of halogens is 5. The molecule has 7 nitrogen and oxygen atoms in total. The topological polar surface area (TPSA) is 96.9 Å². The van der Waals surface area contributed by atoms with Crippen LogP contribution in [0.25, 0.3) is 0 Å². The minimum absolute atomic E-state index is 0.00959. The molecule has 4 atom stereocenters. The van der Waals surface area contributed by atoms with Gasteiger partial charge in [0.15, 0.2) is 0 Å². The summed E-state index contributed by atoms with van der Waals surface area (Å²) in [7, 11) is 0. The minimum atomic E-state index is -4.19. The zero-order valence-corrected chi connectivity index (χ0v) is 21.6. The lowest BCUT2D eigenvalue weighted by atomic mass is 9.60. The highest BCUT2D eigenvalue weighted by atomic mass is 35.5. The lowest BCUT2D eigenvalue weighted by molar-refractivity contribution is -0.188. The first-order valence-electron chi connectivity index (χ1n) is 13.3. The van der Waals surface area contributed by atoms with Gasteiger partial charge in [-0.2, -0.15) is 13.2 Å². The van der Waals surface area contributed by atoms with Gasteiger partial charge in [-0.15, -0.1) is 11.6 Å². The molecule has 0 aromatic rings. The van der Waals surface area contributed by atoms with Crippen LogP contribution in [0.15, 0.2) is 0 Å². The zero-order valence-electron chi connectivity index (χ0n) is 20.8. The molecule has 5 fully saturated rings. The minimum Gasteiger partial charge on any atom is -0.391 e. The molecule has 0 aromatic heterocycles. The molecule has 2 amide bonds. The fourth-order valence-corrected chi connectivity index (χ4v) is 6.67. The Morgan fingerprint density at radius 1 is 0.892 bits per heavy atom. The molecule has 5 aliphatic rings. The summed E-state index contributed by atoms with van der Waals surface area (Å²) >= 11 is 5.89.